The topological polar surface area (TPSA) is 98.1 Å². The molecule has 1 aliphatic heterocycles. The summed E-state index contributed by atoms with van der Waals surface area (Å²) in [6.07, 6.45) is 2.40. The van der Waals surface area contributed by atoms with Crippen LogP contribution in [0.1, 0.15) is 12.0 Å². The van der Waals surface area contributed by atoms with E-state index in [9.17, 15) is 4.79 Å². The summed E-state index contributed by atoms with van der Waals surface area (Å²) >= 11 is 0. The van der Waals surface area contributed by atoms with Gasteiger partial charge in [0, 0.05) is 13.1 Å². The van der Waals surface area contributed by atoms with Crippen molar-refractivity contribution >= 4 is 11.7 Å². The number of hydrogen-bond donors (Lipinski definition) is 2. The van der Waals surface area contributed by atoms with Crippen molar-refractivity contribution in [1.29, 1.82) is 0 Å². The molecule has 6 nitrogen and oxygen atoms in total. The van der Waals surface area contributed by atoms with Crippen molar-refractivity contribution in [1.82, 2.24) is 10.2 Å². The summed E-state index contributed by atoms with van der Waals surface area (Å²) in [5.41, 5.74) is 11.6. The second-order valence-corrected chi connectivity index (χ2v) is 3.53. The van der Waals surface area contributed by atoms with Crippen LogP contribution in [0.2, 0.25) is 0 Å². The van der Waals surface area contributed by atoms with E-state index in [-0.39, 0.29) is 11.9 Å². The Hall–Kier alpha value is -1.69. The maximum atomic E-state index is 11.0. The molecule has 1 aliphatic rings. The fraction of sp³-hybridized carbons (Fsp3) is 0.444. The van der Waals surface area contributed by atoms with Crippen LogP contribution in [0.15, 0.2) is 12.3 Å². The van der Waals surface area contributed by atoms with Crippen molar-refractivity contribution in [3.05, 3.63) is 17.8 Å². The second-order valence-electron chi connectivity index (χ2n) is 3.53. The first kappa shape index (κ1) is 9.85. The Labute approximate surface area is 87.3 Å². The molecule has 0 aromatic carbocycles. The number of nitrogens with zero attached hydrogens (tertiary/aromatic N) is 3. The van der Waals surface area contributed by atoms with Gasteiger partial charge in [0.25, 0.3) is 0 Å². The molecule has 80 valence electrons. The van der Waals surface area contributed by atoms with E-state index in [4.69, 9.17) is 11.5 Å². The summed E-state index contributed by atoms with van der Waals surface area (Å²) in [5, 5.41) is 7.78. The van der Waals surface area contributed by atoms with Crippen LogP contribution in [0.4, 0.5) is 5.82 Å². The summed E-state index contributed by atoms with van der Waals surface area (Å²) in [6, 6.07) is 1.59. The fourth-order valence-corrected chi connectivity index (χ4v) is 1.60. The van der Waals surface area contributed by atoms with Crippen LogP contribution in [0.3, 0.4) is 0 Å². The van der Waals surface area contributed by atoms with Crippen molar-refractivity contribution in [3.63, 3.8) is 0 Å². The van der Waals surface area contributed by atoms with Crippen molar-refractivity contribution in [2.75, 3.05) is 11.4 Å². The molecule has 6 heteroatoms. The van der Waals surface area contributed by atoms with E-state index < -0.39 is 0 Å². The minimum absolute atomic E-state index is 0.243. The largest absolute Gasteiger partial charge is 0.368 e. The molecule has 1 unspecified atom stereocenters. The van der Waals surface area contributed by atoms with Crippen molar-refractivity contribution < 1.29 is 4.79 Å². The van der Waals surface area contributed by atoms with Gasteiger partial charge in [-0.25, -0.2) is 0 Å². The molecule has 1 atom stereocenters. The molecule has 0 bridgehead atoms. The molecule has 15 heavy (non-hydrogen) atoms. The van der Waals surface area contributed by atoms with Crippen LogP contribution in [0.5, 0.6) is 0 Å². The Morgan fingerprint density at radius 2 is 2.47 bits per heavy atom. The first-order valence-electron chi connectivity index (χ1n) is 4.80. The third-order valence-corrected chi connectivity index (χ3v) is 2.58. The Morgan fingerprint density at radius 3 is 3.00 bits per heavy atom. The van der Waals surface area contributed by atoms with Crippen LogP contribution in [-0.4, -0.2) is 28.7 Å². The highest BCUT2D eigenvalue weighted by Gasteiger charge is 2.33. The van der Waals surface area contributed by atoms with Crippen LogP contribution in [0.25, 0.3) is 0 Å². The Balaban J connectivity index is 2.19. The molecule has 4 N–H and O–H groups in total. The molecular weight excluding hydrogens is 194 g/mol. The van der Waals surface area contributed by atoms with Gasteiger partial charge in [-0.15, -0.1) is 5.10 Å². The van der Waals surface area contributed by atoms with Gasteiger partial charge in [-0.2, -0.15) is 5.10 Å². The van der Waals surface area contributed by atoms with Gasteiger partial charge in [-0.3, -0.25) is 4.79 Å². The number of hydrogen-bond acceptors (Lipinski definition) is 5. The molecule has 1 aromatic heterocycles. The minimum atomic E-state index is -0.318. The van der Waals surface area contributed by atoms with E-state index in [0.29, 0.717) is 12.4 Å². The molecule has 1 fully saturated rings. The summed E-state index contributed by atoms with van der Waals surface area (Å²) in [4.78, 5) is 12.9. The van der Waals surface area contributed by atoms with Gasteiger partial charge in [0.05, 0.1) is 6.20 Å². The Morgan fingerprint density at radius 1 is 1.67 bits per heavy atom. The summed E-state index contributed by atoms with van der Waals surface area (Å²) in [6.45, 7) is 1.20. The summed E-state index contributed by atoms with van der Waals surface area (Å²) in [7, 11) is 0. The number of carbonyl (C=O) groups excluding carboxylic acids is 1. The highest BCUT2D eigenvalue weighted by Crippen LogP contribution is 2.24. The lowest BCUT2D eigenvalue weighted by Crippen LogP contribution is -2.55. The normalized spacial score (nSPS) is 19.8. The zero-order valence-electron chi connectivity index (χ0n) is 8.26. The number of aromatic nitrogens is 2. The van der Waals surface area contributed by atoms with Gasteiger partial charge >= 0.3 is 0 Å². The third kappa shape index (κ3) is 1.75. The molecule has 1 amide bonds. The highest BCUT2D eigenvalue weighted by atomic mass is 16.1. The number of primary amides is 1. The molecular formula is C9H13N5O. The average molecular weight is 207 g/mol. The van der Waals surface area contributed by atoms with E-state index in [1.807, 2.05) is 11.0 Å². The minimum Gasteiger partial charge on any atom is -0.368 e. The van der Waals surface area contributed by atoms with Crippen molar-refractivity contribution in [2.24, 2.45) is 11.5 Å². The number of anilines is 1. The van der Waals surface area contributed by atoms with E-state index in [1.165, 1.54) is 0 Å². The van der Waals surface area contributed by atoms with Gasteiger partial charge in [-0.05, 0) is 18.1 Å². The zero-order chi connectivity index (χ0) is 10.8. The van der Waals surface area contributed by atoms with Gasteiger partial charge in [0.1, 0.15) is 6.04 Å². The molecule has 0 spiro atoms. The Bertz CT molecular complexity index is 381. The van der Waals surface area contributed by atoms with Gasteiger partial charge in [0.15, 0.2) is 5.82 Å². The lowest BCUT2D eigenvalue weighted by molar-refractivity contribution is -0.120. The molecule has 0 saturated carbocycles. The molecule has 2 heterocycles. The van der Waals surface area contributed by atoms with E-state index in [2.05, 4.69) is 10.2 Å². The molecule has 2 rings (SSSR count). The standard InChI is InChI=1S/C9H13N5O/c10-4-6-3-8(13-12-5-6)14-2-1-7(14)9(11)15/h3,5,7H,1-2,4,10H2,(H2,11,15). The highest BCUT2D eigenvalue weighted by molar-refractivity contribution is 5.85. The van der Waals surface area contributed by atoms with E-state index >= 15 is 0 Å². The fourth-order valence-electron chi connectivity index (χ4n) is 1.60. The van der Waals surface area contributed by atoms with Crippen molar-refractivity contribution in [3.8, 4) is 0 Å². The van der Waals surface area contributed by atoms with Crippen LogP contribution in [-0.2, 0) is 11.3 Å². The van der Waals surface area contributed by atoms with E-state index in [0.717, 1.165) is 18.5 Å². The number of rotatable bonds is 3. The average Bonchev–Trinajstić information content (AvgIpc) is 2.15. The smallest absolute Gasteiger partial charge is 0.240 e. The lowest BCUT2D eigenvalue weighted by Gasteiger charge is -2.39. The van der Waals surface area contributed by atoms with Crippen molar-refractivity contribution in [2.45, 2.75) is 19.0 Å². The number of carbonyl (C=O) groups is 1. The Kier molecular flexibility index (Phi) is 2.51. The predicted octanol–water partition coefficient (Wildman–Crippen LogP) is -1.00. The number of amides is 1. The molecule has 0 aliphatic carbocycles. The quantitative estimate of drug-likeness (QED) is 0.662. The molecule has 1 aromatic rings. The SMILES string of the molecule is NCc1cnnc(N2CCC2C(N)=O)c1. The first-order valence-corrected chi connectivity index (χ1v) is 4.80. The molecule has 0 radical (unpaired) electrons. The van der Waals surface area contributed by atoms with Crippen LogP contribution >= 0.6 is 0 Å². The van der Waals surface area contributed by atoms with Gasteiger partial charge < -0.3 is 16.4 Å². The third-order valence-electron chi connectivity index (χ3n) is 2.58. The van der Waals surface area contributed by atoms with E-state index in [1.54, 1.807) is 6.20 Å². The maximum Gasteiger partial charge on any atom is 0.240 e. The lowest BCUT2D eigenvalue weighted by atomic mass is 10.0. The van der Waals surface area contributed by atoms with Crippen LogP contribution < -0.4 is 16.4 Å². The van der Waals surface area contributed by atoms with Gasteiger partial charge in [-0.1, -0.05) is 0 Å². The zero-order valence-corrected chi connectivity index (χ0v) is 8.26. The summed E-state index contributed by atoms with van der Waals surface area (Å²) < 4.78 is 0. The van der Waals surface area contributed by atoms with Crippen LogP contribution in [0, 0.1) is 0 Å². The maximum absolute atomic E-state index is 11.0. The van der Waals surface area contributed by atoms with Gasteiger partial charge in [0.2, 0.25) is 5.91 Å². The predicted molar refractivity (Wildman–Crippen MR) is 54.9 cm³/mol. The first-order chi connectivity index (χ1) is 7.22. The second kappa shape index (κ2) is 3.82. The summed E-state index contributed by atoms with van der Waals surface area (Å²) in [5.74, 6) is 0.356. The molecule has 1 saturated heterocycles. The number of nitrogens with two attached hydrogens (primary N) is 2. The monoisotopic (exact) mass is 207 g/mol.